The number of rotatable bonds is 2. The van der Waals surface area contributed by atoms with Gasteiger partial charge < -0.3 is 15.7 Å². The Morgan fingerprint density at radius 2 is 2.11 bits per heavy atom. The summed E-state index contributed by atoms with van der Waals surface area (Å²) < 4.78 is 13.3. The summed E-state index contributed by atoms with van der Waals surface area (Å²) in [6, 6.07) is 5.54. The van der Waals surface area contributed by atoms with Crippen molar-refractivity contribution in [2.24, 2.45) is 0 Å². The van der Waals surface area contributed by atoms with E-state index in [0.29, 0.717) is 6.42 Å². The molecule has 1 saturated carbocycles. The standard InChI is InChI=1S/C13H17FN2O2/c14-11-6-1-2-7-12(11)16-13(18)15-9-4-3-5-10(17)8-9/h1-2,6-7,9-10,17H,3-5,8H2,(H2,15,16,18)/t9-,10-/m0/s1. The predicted octanol–water partition coefficient (Wildman–Crippen LogP) is 2.25. The normalized spacial score (nSPS) is 23.4. The lowest BCUT2D eigenvalue weighted by Gasteiger charge is -2.26. The van der Waals surface area contributed by atoms with E-state index in [1.54, 1.807) is 12.1 Å². The number of aliphatic hydroxyl groups is 1. The topological polar surface area (TPSA) is 61.4 Å². The molecule has 1 aliphatic carbocycles. The molecule has 0 saturated heterocycles. The molecule has 1 aromatic rings. The van der Waals surface area contributed by atoms with Crippen LogP contribution in [0.1, 0.15) is 25.7 Å². The summed E-state index contributed by atoms with van der Waals surface area (Å²) >= 11 is 0. The number of carbonyl (C=O) groups is 1. The highest BCUT2D eigenvalue weighted by molar-refractivity contribution is 5.89. The van der Waals surface area contributed by atoms with Crippen LogP contribution in [0.15, 0.2) is 24.3 Å². The number of carbonyl (C=O) groups excluding carboxylic acids is 1. The van der Waals surface area contributed by atoms with E-state index in [9.17, 15) is 14.3 Å². The third kappa shape index (κ3) is 3.43. The summed E-state index contributed by atoms with van der Waals surface area (Å²) in [5.74, 6) is -0.462. The summed E-state index contributed by atoms with van der Waals surface area (Å²) in [5, 5.41) is 14.7. The van der Waals surface area contributed by atoms with Crippen molar-refractivity contribution < 1.29 is 14.3 Å². The number of hydrogen-bond acceptors (Lipinski definition) is 2. The minimum absolute atomic E-state index is 0.0412. The molecule has 0 radical (unpaired) electrons. The highest BCUT2D eigenvalue weighted by Gasteiger charge is 2.21. The number of hydrogen-bond donors (Lipinski definition) is 3. The van der Waals surface area contributed by atoms with Crippen LogP contribution in [-0.4, -0.2) is 23.3 Å². The molecule has 98 valence electrons. The van der Waals surface area contributed by atoms with Crippen molar-refractivity contribution >= 4 is 11.7 Å². The summed E-state index contributed by atoms with van der Waals surface area (Å²) in [7, 11) is 0. The largest absolute Gasteiger partial charge is 0.393 e. The highest BCUT2D eigenvalue weighted by Crippen LogP contribution is 2.18. The Bertz CT molecular complexity index is 425. The van der Waals surface area contributed by atoms with Crippen molar-refractivity contribution in [3.63, 3.8) is 0 Å². The lowest BCUT2D eigenvalue weighted by atomic mass is 9.93. The number of urea groups is 1. The van der Waals surface area contributed by atoms with Gasteiger partial charge in [-0.2, -0.15) is 0 Å². The van der Waals surface area contributed by atoms with Crippen LogP contribution >= 0.6 is 0 Å². The Hall–Kier alpha value is -1.62. The van der Waals surface area contributed by atoms with Crippen LogP contribution in [0.25, 0.3) is 0 Å². The molecule has 18 heavy (non-hydrogen) atoms. The van der Waals surface area contributed by atoms with Crippen LogP contribution in [0.3, 0.4) is 0 Å². The molecular weight excluding hydrogens is 235 g/mol. The van der Waals surface area contributed by atoms with Gasteiger partial charge in [0.25, 0.3) is 0 Å². The molecule has 0 bridgehead atoms. The summed E-state index contributed by atoms with van der Waals surface area (Å²) in [6.45, 7) is 0. The fraction of sp³-hybridized carbons (Fsp3) is 0.462. The van der Waals surface area contributed by atoms with Gasteiger partial charge in [0.2, 0.25) is 0 Å². The minimum atomic E-state index is -0.462. The van der Waals surface area contributed by atoms with Crippen LogP contribution in [0.4, 0.5) is 14.9 Å². The van der Waals surface area contributed by atoms with Gasteiger partial charge in [-0.25, -0.2) is 9.18 Å². The molecule has 1 fully saturated rings. The molecule has 0 unspecified atom stereocenters. The smallest absolute Gasteiger partial charge is 0.319 e. The van der Waals surface area contributed by atoms with Gasteiger partial charge in [-0.15, -0.1) is 0 Å². The maximum atomic E-state index is 13.3. The van der Waals surface area contributed by atoms with Crippen LogP contribution in [0.5, 0.6) is 0 Å². The van der Waals surface area contributed by atoms with Gasteiger partial charge in [0.15, 0.2) is 0 Å². The quantitative estimate of drug-likeness (QED) is 0.756. The average Bonchev–Trinajstić information content (AvgIpc) is 2.32. The zero-order chi connectivity index (χ0) is 13.0. The van der Waals surface area contributed by atoms with Crippen LogP contribution in [0, 0.1) is 5.82 Å². The van der Waals surface area contributed by atoms with E-state index in [1.165, 1.54) is 12.1 Å². The molecular formula is C13H17FN2O2. The molecule has 0 aromatic heterocycles. The number of aliphatic hydroxyl groups excluding tert-OH is 1. The van der Waals surface area contributed by atoms with E-state index in [-0.39, 0.29) is 17.8 Å². The fourth-order valence-corrected chi connectivity index (χ4v) is 2.20. The second-order valence-corrected chi connectivity index (χ2v) is 4.60. The Balaban J connectivity index is 1.87. The second kappa shape index (κ2) is 5.82. The van der Waals surface area contributed by atoms with E-state index < -0.39 is 11.8 Å². The van der Waals surface area contributed by atoms with E-state index in [0.717, 1.165) is 19.3 Å². The van der Waals surface area contributed by atoms with Crippen LogP contribution in [0.2, 0.25) is 0 Å². The molecule has 1 aromatic carbocycles. The third-order valence-corrected chi connectivity index (χ3v) is 3.10. The number of amides is 2. The van der Waals surface area contributed by atoms with Gasteiger partial charge in [-0.3, -0.25) is 0 Å². The average molecular weight is 252 g/mol. The van der Waals surface area contributed by atoms with E-state index in [4.69, 9.17) is 0 Å². The van der Waals surface area contributed by atoms with Crippen molar-refractivity contribution in [3.8, 4) is 0 Å². The summed E-state index contributed by atoms with van der Waals surface area (Å²) in [4.78, 5) is 11.7. The monoisotopic (exact) mass is 252 g/mol. The Morgan fingerprint density at radius 1 is 1.33 bits per heavy atom. The van der Waals surface area contributed by atoms with Gasteiger partial charge in [-0.1, -0.05) is 12.1 Å². The summed E-state index contributed by atoms with van der Waals surface area (Å²) in [5.41, 5.74) is 0.159. The molecule has 4 nitrogen and oxygen atoms in total. The van der Waals surface area contributed by atoms with Crippen molar-refractivity contribution in [3.05, 3.63) is 30.1 Å². The van der Waals surface area contributed by atoms with Crippen molar-refractivity contribution in [1.29, 1.82) is 0 Å². The SMILES string of the molecule is O=C(Nc1ccccc1F)N[C@H]1CCC[C@H](O)C1. The number of nitrogens with one attached hydrogen (secondary N) is 2. The third-order valence-electron chi connectivity index (χ3n) is 3.10. The first-order valence-electron chi connectivity index (χ1n) is 6.15. The van der Waals surface area contributed by atoms with Gasteiger partial charge in [0.05, 0.1) is 11.8 Å². The van der Waals surface area contributed by atoms with Crippen LogP contribution < -0.4 is 10.6 Å². The van der Waals surface area contributed by atoms with Gasteiger partial charge in [0.1, 0.15) is 5.82 Å². The second-order valence-electron chi connectivity index (χ2n) is 4.60. The fourth-order valence-electron chi connectivity index (χ4n) is 2.20. The Labute approximate surface area is 105 Å². The first kappa shape index (κ1) is 12.8. The maximum absolute atomic E-state index is 13.3. The highest BCUT2D eigenvalue weighted by atomic mass is 19.1. The molecule has 1 aliphatic rings. The van der Waals surface area contributed by atoms with Crippen molar-refractivity contribution in [1.82, 2.24) is 5.32 Å². The molecule has 5 heteroatoms. The molecule has 2 atom stereocenters. The number of benzene rings is 1. The maximum Gasteiger partial charge on any atom is 0.319 e. The van der Waals surface area contributed by atoms with Gasteiger partial charge in [0, 0.05) is 6.04 Å². The van der Waals surface area contributed by atoms with Gasteiger partial charge in [-0.05, 0) is 37.8 Å². The molecule has 2 amide bonds. The number of anilines is 1. The van der Waals surface area contributed by atoms with Gasteiger partial charge >= 0.3 is 6.03 Å². The van der Waals surface area contributed by atoms with Crippen molar-refractivity contribution in [2.45, 2.75) is 37.8 Å². The number of para-hydroxylation sites is 1. The lowest BCUT2D eigenvalue weighted by molar-refractivity contribution is 0.114. The minimum Gasteiger partial charge on any atom is -0.393 e. The van der Waals surface area contributed by atoms with E-state index in [1.807, 2.05) is 0 Å². The lowest BCUT2D eigenvalue weighted by Crippen LogP contribution is -2.42. The first-order valence-corrected chi connectivity index (χ1v) is 6.15. The Morgan fingerprint density at radius 3 is 2.83 bits per heavy atom. The van der Waals surface area contributed by atoms with Crippen LogP contribution in [-0.2, 0) is 0 Å². The molecule has 0 heterocycles. The summed E-state index contributed by atoms with van der Waals surface area (Å²) in [6.07, 6.45) is 2.74. The molecule has 0 spiro atoms. The predicted molar refractivity (Wildman–Crippen MR) is 66.8 cm³/mol. The van der Waals surface area contributed by atoms with E-state index >= 15 is 0 Å². The molecule has 0 aliphatic heterocycles. The zero-order valence-corrected chi connectivity index (χ0v) is 10.0. The van der Waals surface area contributed by atoms with E-state index in [2.05, 4.69) is 10.6 Å². The zero-order valence-electron chi connectivity index (χ0n) is 10.0. The number of halogens is 1. The van der Waals surface area contributed by atoms with Crippen molar-refractivity contribution in [2.75, 3.05) is 5.32 Å². The Kier molecular flexibility index (Phi) is 4.15. The molecule has 2 rings (SSSR count). The molecule has 3 N–H and O–H groups in total. The first-order chi connectivity index (χ1) is 8.65.